The van der Waals surface area contributed by atoms with E-state index < -0.39 is 0 Å². The van der Waals surface area contributed by atoms with Gasteiger partial charge in [0.1, 0.15) is 23.7 Å². The number of allylic oxidation sites excluding steroid dienone is 3. The van der Waals surface area contributed by atoms with Crippen molar-refractivity contribution in [1.29, 1.82) is 0 Å². The molecule has 0 N–H and O–H groups in total. The highest BCUT2D eigenvalue weighted by Gasteiger charge is 2.29. The SMILES string of the molecule is CC(=CCOc1ccc2c(c1)OC(C)(C)C2)CCC(C)=C(C)C. The van der Waals surface area contributed by atoms with E-state index in [1.807, 2.05) is 12.1 Å². The highest BCUT2D eigenvalue weighted by Crippen LogP contribution is 2.37. The van der Waals surface area contributed by atoms with Crippen LogP contribution in [0.1, 0.15) is 59.9 Å². The first kappa shape index (κ1) is 17.7. The number of hydrogen-bond donors (Lipinski definition) is 0. The molecule has 0 saturated heterocycles. The largest absolute Gasteiger partial charge is 0.489 e. The minimum Gasteiger partial charge on any atom is -0.489 e. The average molecular weight is 314 g/mol. The van der Waals surface area contributed by atoms with E-state index in [1.165, 1.54) is 22.3 Å². The molecular weight excluding hydrogens is 284 g/mol. The van der Waals surface area contributed by atoms with Crippen molar-refractivity contribution < 1.29 is 9.47 Å². The number of ether oxygens (including phenoxy) is 2. The normalized spacial score (nSPS) is 15.8. The predicted octanol–water partition coefficient (Wildman–Crippen LogP) is 5.86. The predicted molar refractivity (Wildman–Crippen MR) is 97.4 cm³/mol. The molecule has 1 aliphatic heterocycles. The second-order valence-corrected chi connectivity index (χ2v) is 7.45. The summed E-state index contributed by atoms with van der Waals surface area (Å²) < 4.78 is 11.8. The van der Waals surface area contributed by atoms with Crippen LogP contribution in [0, 0.1) is 0 Å². The van der Waals surface area contributed by atoms with Gasteiger partial charge in [-0.25, -0.2) is 0 Å². The van der Waals surface area contributed by atoms with Gasteiger partial charge in [-0.05, 0) is 72.1 Å². The molecule has 0 aliphatic carbocycles. The van der Waals surface area contributed by atoms with Gasteiger partial charge >= 0.3 is 0 Å². The van der Waals surface area contributed by atoms with E-state index in [2.05, 4.69) is 53.7 Å². The summed E-state index contributed by atoms with van der Waals surface area (Å²) in [7, 11) is 0. The molecule has 0 aromatic heterocycles. The second kappa shape index (κ2) is 7.25. The summed E-state index contributed by atoms with van der Waals surface area (Å²) in [6, 6.07) is 6.18. The molecule has 0 radical (unpaired) electrons. The van der Waals surface area contributed by atoms with Crippen molar-refractivity contribution in [3.05, 3.63) is 46.6 Å². The van der Waals surface area contributed by atoms with E-state index in [-0.39, 0.29) is 5.60 Å². The second-order valence-electron chi connectivity index (χ2n) is 7.45. The fourth-order valence-electron chi connectivity index (χ4n) is 2.67. The molecule has 2 rings (SSSR count). The van der Waals surface area contributed by atoms with Gasteiger partial charge in [0.15, 0.2) is 0 Å². The summed E-state index contributed by atoms with van der Waals surface area (Å²) in [5.41, 5.74) is 5.46. The molecule has 0 amide bonds. The Kier molecular flexibility index (Phi) is 5.56. The number of benzene rings is 1. The van der Waals surface area contributed by atoms with Crippen molar-refractivity contribution in [2.75, 3.05) is 6.61 Å². The van der Waals surface area contributed by atoms with Gasteiger partial charge in [0, 0.05) is 12.5 Å². The van der Waals surface area contributed by atoms with Crippen molar-refractivity contribution in [2.45, 2.75) is 66.4 Å². The Hall–Kier alpha value is -1.70. The van der Waals surface area contributed by atoms with Gasteiger partial charge in [0.05, 0.1) is 0 Å². The van der Waals surface area contributed by atoms with Crippen molar-refractivity contribution in [1.82, 2.24) is 0 Å². The summed E-state index contributed by atoms with van der Waals surface area (Å²) in [4.78, 5) is 0. The van der Waals surface area contributed by atoms with E-state index in [9.17, 15) is 0 Å². The van der Waals surface area contributed by atoms with E-state index in [0.717, 1.165) is 30.8 Å². The fraction of sp³-hybridized carbons (Fsp3) is 0.524. The molecule has 1 aliphatic rings. The zero-order valence-electron chi connectivity index (χ0n) is 15.5. The molecule has 1 heterocycles. The lowest BCUT2D eigenvalue weighted by atomic mass is 10.0. The fourth-order valence-corrected chi connectivity index (χ4v) is 2.67. The molecule has 0 fully saturated rings. The van der Waals surface area contributed by atoms with Crippen LogP contribution >= 0.6 is 0 Å². The molecule has 0 atom stereocenters. The summed E-state index contributed by atoms with van der Waals surface area (Å²) in [5.74, 6) is 1.85. The summed E-state index contributed by atoms with van der Waals surface area (Å²) in [6.45, 7) is 13.6. The van der Waals surface area contributed by atoms with Crippen LogP contribution in [0.2, 0.25) is 0 Å². The van der Waals surface area contributed by atoms with Crippen LogP contribution in [-0.4, -0.2) is 12.2 Å². The first-order valence-corrected chi connectivity index (χ1v) is 8.50. The molecule has 2 nitrogen and oxygen atoms in total. The molecular formula is C21H30O2. The van der Waals surface area contributed by atoms with Crippen LogP contribution < -0.4 is 9.47 Å². The molecule has 1 aromatic carbocycles. The Labute approximate surface area is 141 Å². The van der Waals surface area contributed by atoms with Crippen LogP contribution in [0.4, 0.5) is 0 Å². The molecule has 0 unspecified atom stereocenters. The lowest BCUT2D eigenvalue weighted by molar-refractivity contribution is 0.138. The Morgan fingerprint density at radius 2 is 1.91 bits per heavy atom. The molecule has 126 valence electrons. The van der Waals surface area contributed by atoms with Crippen molar-refractivity contribution in [3.8, 4) is 11.5 Å². The number of hydrogen-bond acceptors (Lipinski definition) is 2. The van der Waals surface area contributed by atoms with Crippen LogP contribution in [-0.2, 0) is 6.42 Å². The topological polar surface area (TPSA) is 18.5 Å². The van der Waals surface area contributed by atoms with Gasteiger partial charge in [0.25, 0.3) is 0 Å². The number of rotatable bonds is 6. The zero-order chi connectivity index (χ0) is 17.0. The summed E-state index contributed by atoms with van der Waals surface area (Å²) in [5, 5.41) is 0. The molecule has 1 aromatic rings. The molecule has 23 heavy (non-hydrogen) atoms. The maximum Gasteiger partial charge on any atom is 0.127 e. The maximum absolute atomic E-state index is 5.95. The van der Waals surface area contributed by atoms with Crippen molar-refractivity contribution >= 4 is 0 Å². The van der Waals surface area contributed by atoms with Crippen molar-refractivity contribution in [3.63, 3.8) is 0 Å². The monoisotopic (exact) mass is 314 g/mol. The van der Waals surface area contributed by atoms with Gasteiger partial charge in [-0.15, -0.1) is 0 Å². The lowest BCUT2D eigenvalue weighted by Gasteiger charge is -2.16. The third-order valence-electron chi connectivity index (χ3n) is 4.47. The van der Waals surface area contributed by atoms with Gasteiger partial charge < -0.3 is 9.47 Å². The minimum atomic E-state index is -0.0970. The van der Waals surface area contributed by atoms with Crippen LogP contribution in [0.25, 0.3) is 0 Å². The smallest absolute Gasteiger partial charge is 0.127 e. The van der Waals surface area contributed by atoms with Crippen LogP contribution in [0.15, 0.2) is 41.0 Å². The van der Waals surface area contributed by atoms with Gasteiger partial charge in [-0.1, -0.05) is 22.8 Å². The van der Waals surface area contributed by atoms with Gasteiger partial charge in [-0.3, -0.25) is 0 Å². The summed E-state index contributed by atoms with van der Waals surface area (Å²) in [6.07, 6.45) is 5.37. The molecule has 0 saturated carbocycles. The quantitative estimate of drug-likeness (QED) is 0.612. The maximum atomic E-state index is 5.95. The first-order valence-electron chi connectivity index (χ1n) is 8.50. The van der Waals surface area contributed by atoms with Gasteiger partial charge in [-0.2, -0.15) is 0 Å². The highest BCUT2D eigenvalue weighted by atomic mass is 16.5. The third kappa shape index (κ3) is 5.16. The van der Waals surface area contributed by atoms with Crippen LogP contribution in [0.3, 0.4) is 0 Å². The minimum absolute atomic E-state index is 0.0970. The Balaban J connectivity index is 1.85. The Morgan fingerprint density at radius 3 is 2.61 bits per heavy atom. The Morgan fingerprint density at radius 1 is 1.17 bits per heavy atom. The Bertz CT molecular complexity index is 617. The standard InChI is InChI=1S/C21H30O2/c1-15(2)17(4)8-7-16(3)11-12-22-19-10-9-18-14-21(5,6)23-20(18)13-19/h9-11,13H,7-8,12,14H2,1-6H3. The van der Waals surface area contributed by atoms with E-state index >= 15 is 0 Å². The lowest BCUT2D eigenvalue weighted by Crippen LogP contribution is -2.24. The first-order chi connectivity index (χ1) is 10.8. The van der Waals surface area contributed by atoms with Crippen LogP contribution in [0.5, 0.6) is 11.5 Å². The highest BCUT2D eigenvalue weighted by molar-refractivity contribution is 5.44. The molecule has 2 heteroatoms. The molecule has 0 bridgehead atoms. The summed E-state index contributed by atoms with van der Waals surface area (Å²) >= 11 is 0. The molecule has 0 spiro atoms. The number of fused-ring (bicyclic) bond motifs is 1. The van der Waals surface area contributed by atoms with E-state index in [4.69, 9.17) is 9.47 Å². The average Bonchev–Trinajstić information content (AvgIpc) is 2.77. The van der Waals surface area contributed by atoms with E-state index in [1.54, 1.807) is 0 Å². The van der Waals surface area contributed by atoms with Gasteiger partial charge in [0.2, 0.25) is 0 Å². The van der Waals surface area contributed by atoms with Crippen molar-refractivity contribution in [2.24, 2.45) is 0 Å². The van der Waals surface area contributed by atoms with E-state index in [0.29, 0.717) is 6.61 Å². The third-order valence-corrected chi connectivity index (χ3v) is 4.47. The zero-order valence-corrected chi connectivity index (χ0v) is 15.5.